The molecule has 48 heavy (non-hydrogen) atoms. The van der Waals surface area contributed by atoms with Crippen molar-refractivity contribution in [3.8, 4) is 0 Å². The zero-order valence-corrected chi connectivity index (χ0v) is 28.7. The van der Waals surface area contributed by atoms with E-state index < -0.39 is 0 Å². The minimum atomic E-state index is 0.952. The van der Waals surface area contributed by atoms with Crippen LogP contribution in [0.15, 0.2) is 207 Å². The number of fused-ring (bicyclic) bond motifs is 5. The van der Waals surface area contributed by atoms with Crippen LogP contribution in [0.2, 0.25) is 0 Å². The fourth-order valence-electron chi connectivity index (χ4n) is 6.02. The van der Waals surface area contributed by atoms with Crippen LogP contribution >= 0.6 is 0 Å². The van der Waals surface area contributed by atoms with E-state index in [2.05, 4.69) is 146 Å². The molecule has 2 heteroatoms. The Kier molecular flexibility index (Phi) is 12.5. The number of hydrogen-bond acceptors (Lipinski definition) is 2. The van der Waals surface area contributed by atoms with Gasteiger partial charge in [0.15, 0.2) is 0 Å². The smallest absolute Gasteiger partial charge is 0.0546 e. The summed E-state index contributed by atoms with van der Waals surface area (Å²) in [5.41, 5.74) is 6.08. The number of rotatable bonds is 14. The summed E-state index contributed by atoms with van der Waals surface area (Å²) >= 11 is 0. The highest BCUT2D eigenvalue weighted by molar-refractivity contribution is 6.24. The van der Waals surface area contributed by atoms with Crippen LogP contribution in [-0.4, -0.2) is 0 Å². The molecule has 0 fully saturated rings. The maximum atomic E-state index is 4.22. The molecular weight excluding hydrogens is 581 g/mol. The van der Waals surface area contributed by atoms with Gasteiger partial charge in [-0.05, 0) is 104 Å². The van der Waals surface area contributed by atoms with E-state index in [0.29, 0.717) is 0 Å². The first-order chi connectivity index (χ1) is 23.5. The standard InChI is InChI=1S/C46H46N2/c1-9-17-27-35(15-7)47(37(23-11-3)24-12-4)45-33-43-40-30-20-22-32-42(40)46(34-44(43)39-29-19-21-31-41(39)45)48(36(16-8)28-18-10-2)38(25-13-5)26-14-6/h9-34H,1,3,5,8H2,2,4,6-7H3/b18-10-,24-12-,26-14-,27-17-,35-15+,36-28+,37-23+,38-25+. The van der Waals surface area contributed by atoms with Gasteiger partial charge in [-0.15, -0.1) is 0 Å². The number of anilines is 2. The first-order valence-electron chi connectivity index (χ1n) is 16.3. The van der Waals surface area contributed by atoms with Crippen molar-refractivity contribution in [3.05, 3.63) is 207 Å². The summed E-state index contributed by atoms with van der Waals surface area (Å²) in [7, 11) is 0. The van der Waals surface area contributed by atoms with Crippen LogP contribution in [-0.2, 0) is 0 Å². The second-order valence-electron chi connectivity index (χ2n) is 10.9. The Morgan fingerprint density at radius 3 is 1.35 bits per heavy atom. The fourth-order valence-corrected chi connectivity index (χ4v) is 6.02. The van der Waals surface area contributed by atoms with Crippen molar-refractivity contribution in [1.82, 2.24) is 0 Å². The van der Waals surface area contributed by atoms with E-state index in [0.717, 1.165) is 66.5 Å². The topological polar surface area (TPSA) is 6.48 Å². The zero-order chi connectivity index (χ0) is 34.5. The molecule has 0 aliphatic carbocycles. The molecular formula is C46H46N2. The second kappa shape index (κ2) is 17.2. The average molecular weight is 627 g/mol. The highest BCUT2D eigenvalue weighted by Gasteiger charge is 2.22. The van der Waals surface area contributed by atoms with Gasteiger partial charge in [-0.2, -0.15) is 0 Å². The summed E-state index contributed by atoms with van der Waals surface area (Å²) in [6, 6.07) is 22.0. The predicted octanol–water partition coefficient (Wildman–Crippen LogP) is 13.3. The van der Waals surface area contributed by atoms with E-state index in [4.69, 9.17) is 0 Å². The Bertz CT molecular complexity index is 2090. The SMILES string of the molecule is C=C/C=C\C(=C/C)N(C(/C=C\C)=C/C=C)c1cc2c3ccccc3c(N(/C(C=C)=C/C=C\C)C(/C=C\C)=C/C=C)cc2c2ccccc12. The molecule has 0 unspecified atom stereocenters. The molecule has 0 N–H and O–H groups in total. The van der Waals surface area contributed by atoms with Gasteiger partial charge >= 0.3 is 0 Å². The number of allylic oxidation sites excluding steroid dienone is 16. The fraction of sp³-hybridized carbons (Fsp3) is 0.0870. The van der Waals surface area contributed by atoms with Crippen molar-refractivity contribution < 1.29 is 0 Å². The Morgan fingerprint density at radius 1 is 0.479 bits per heavy atom. The molecule has 0 aliphatic heterocycles. The van der Waals surface area contributed by atoms with Gasteiger partial charge < -0.3 is 9.80 Å². The molecule has 0 bridgehead atoms. The summed E-state index contributed by atoms with van der Waals surface area (Å²) in [5.74, 6) is 0. The molecule has 0 heterocycles. The quantitative estimate of drug-likeness (QED) is 0.101. The highest BCUT2D eigenvalue weighted by atomic mass is 15.2. The van der Waals surface area contributed by atoms with E-state index in [9.17, 15) is 0 Å². The Labute approximate surface area is 287 Å². The normalized spacial score (nSPS) is 13.5. The van der Waals surface area contributed by atoms with Gasteiger partial charge in [-0.1, -0.05) is 130 Å². The van der Waals surface area contributed by atoms with Crippen molar-refractivity contribution >= 4 is 43.7 Å². The van der Waals surface area contributed by atoms with Crippen LogP contribution in [0, 0.1) is 0 Å². The summed E-state index contributed by atoms with van der Waals surface area (Å²) in [5, 5.41) is 6.88. The van der Waals surface area contributed by atoms with E-state index >= 15 is 0 Å². The molecule has 0 saturated heterocycles. The van der Waals surface area contributed by atoms with Crippen LogP contribution in [0.4, 0.5) is 11.4 Å². The monoisotopic (exact) mass is 626 g/mol. The Balaban J connectivity index is 2.26. The lowest BCUT2D eigenvalue weighted by Crippen LogP contribution is -2.21. The van der Waals surface area contributed by atoms with Crippen molar-refractivity contribution in [3.63, 3.8) is 0 Å². The third-order valence-electron chi connectivity index (χ3n) is 7.97. The molecule has 0 spiro atoms. The number of hydrogen-bond donors (Lipinski definition) is 0. The maximum Gasteiger partial charge on any atom is 0.0546 e. The molecule has 0 aromatic heterocycles. The third kappa shape index (κ3) is 7.24. The van der Waals surface area contributed by atoms with E-state index in [1.165, 1.54) is 0 Å². The highest BCUT2D eigenvalue weighted by Crippen LogP contribution is 2.44. The third-order valence-corrected chi connectivity index (χ3v) is 7.97. The molecule has 4 aromatic carbocycles. The molecule has 240 valence electrons. The van der Waals surface area contributed by atoms with Crippen LogP contribution in [0.5, 0.6) is 0 Å². The van der Waals surface area contributed by atoms with Crippen LogP contribution in [0.25, 0.3) is 32.3 Å². The summed E-state index contributed by atoms with van der Waals surface area (Å²) in [6.45, 7) is 24.4. The Hall–Kier alpha value is -5.86. The molecule has 2 nitrogen and oxygen atoms in total. The molecule has 0 amide bonds. The minimum Gasteiger partial charge on any atom is -0.310 e. The predicted molar refractivity (Wildman–Crippen MR) is 216 cm³/mol. The van der Waals surface area contributed by atoms with Gasteiger partial charge in [0.25, 0.3) is 0 Å². The first-order valence-corrected chi connectivity index (χ1v) is 16.3. The number of benzene rings is 4. The molecule has 0 atom stereocenters. The first kappa shape index (κ1) is 35.0. The summed E-state index contributed by atoms with van der Waals surface area (Å²) in [4.78, 5) is 4.56. The minimum absolute atomic E-state index is 0.952. The van der Waals surface area contributed by atoms with Crippen LogP contribution in [0.3, 0.4) is 0 Å². The maximum absolute atomic E-state index is 4.22. The summed E-state index contributed by atoms with van der Waals surface area (Å²) in [6.07, 6.45) is 32.2. The van der Waals surface area contributed by atoms with Gasteiger partial charge in [0, 0.05) is 33.6 Å². The van der Waals surface area contributed by atoms with E-state index in [1.54, 1.807) is 6.08 Å². The zero-order valence-electron chi connectivity index (χ0n) is 28.7. The van der Waals surface area contributed by atoms with Crippen molar-refractivity contribution in [2.45, 2.75) is 27.7 Å². The lowest BCUT2D eigenvalue weighted by Gasteiger charge is -2.31. The average Bonchev–Trinajstić information content (AvgIpc) is 3.11. The van der Waals surface area contributed by atoms with Gasteiger partial charge in [-0.3, -0.25) is 0 Å². The second-order valence-corrected chi connectivity index (χ2v) is 10.9. The van der Waals surface area contributed by atoms with Gasteiger partial charge in [0.1, 0.15) is 0 Å². The van der Waals surface area contributed by atoms with E-state index in [-0.39, 0.29) is 0 Å². The van der Waals surface area contributed by atoms with Crippen molar-refractivity contribution in [1.29, 1.82) is 0 Å². The molecule has 0 aliphatic rings. The summed E-state index contributed by atoms with van der Waals surface area (Å²) < 4.78 is 0. The van der Waals surface area contributed by atoms with Crippen molar-refractivity contribution in [2.24, 2.45) is 0 Å². The lowest BCUT2D eigenvalue weighted by molar-refractivity contribution is 1.14. The van der Waals surface area contributed by atoms with Crippen LogP contribution in [0.1, 0.15) is 27.7 Å². The molecule has 0 saturated carbocycles. The van der Waals surface area contributed by atoms with E-state index in [1.807, 2.05) is 69.4 Å². The van der Waals surface area contributed by atoms with Crippen molar-refractivity contribution in [2.75, 3.05) is 9.80 Å². The van der Waals surface area contributed by atoms with Gasteiger partial charge in [0.2, 0.25) is 0 Å². The molecule has 4 rings (SSSR count). The molecule has 4 aromatic rings. The van der Waals surface area contributed by atoms with Gasteiger partial charge in [0.05, 0.1) is 11.4 Å². The Morgan fingerprint density at radius 2 is 0.958 bits per heavy atom. The lowest BCUT2D eigenvalue weighted by atomic mass is 9.93. The number of nitrogens with zero attached hydrogens (tertiary/aromatic N) is 2. The largest absolute Gasteiger partial charge is 0.310 e. The van der Waals surface area contributed by atoms with Crippen LogP contribution < -0.4 is 9.80 Å². The van der Waals surface area contributed by atoms with Gasteiger partial charge in [-0.25, -0.2) is 0 Å². The molecule has 0 radical (unpaired) electrons.